The largest absolute Gasteiger partial charge is 0.480 e. The Labute approximate surface area is 262 Å². The van der Waals surface area contributed by atoms with Crippen LogP contribution in [0.15, 0.2) is 23.7 Å². The molecule has 0 aromatic carbocycles. The van der Waals surface area contributed by atoms with E-state index in [1.165, 1.54) is 11.3 Å². The van der Waals surface area contributed by atoms with Crippen LogP contribution >= 0.6 is 11.3 Å². The second kappa shape index (κ2) is 15.0. The number of carbonyl (C=O) groups is 3. The lowest BCUT2D eigenvalue weighted by Gasteiger charge is -2.36. The average Bonchev–Trinajstić information content (AvgIpc) is 3.39. The van der Waals surface area contributed by atoms with E-state index in [1.54, 1.807) is 23.7 Å². The van der Waals surface area contributed by atoms with Gasteiger partial charge in [-0.1, -0.05) is 41.5 Å². The molecule has 0 aliphatic rings. The Morgan fingerprint density at radius 2 is 1.53 bits per heavy atom. The van der Waals surface area contributed by atoms with E-state index in [-0.39, 0.29) is 28.3 Å². The monoisotopic (exact) mass is 650 g/mol. The molecular formula is C30H50N4O6SSi2. The molecule has 0 bridgehead atoms. The van der Waals surface area contributed by atoms with Crippen molar-refractivity contribution < 1.29 is 28.3 Å². The van der Waals surface area contributed by atoms with Crippen LogP contribution in [0.2, 0.25) is 36.3 Å². The van der Waals surface area contributed by atoms with Crippen LogP contribution in [0.4, 0.5) is 0 Å². The van der Waals surface area contributed by atoms with Gasteiger partial charge in [-0.25, -0.2) is 9.78 Å². The van der Waals surface area contributed by atoms with E-state index in [4.69, 9.17) is 8.85 Å². The molecule has 0 radical (unpaired) electrons. The van der Waals surface area contributed by atoms with Crippen molar-refractivity contribution in [3.05, 3.63) is 35.1 Å². The molecule has 2 aromatic rings. The predicted octanol–water partition coefficient (Wildman–Crippen LogP) is 6.33. The molecule has 0 saturated carbocycles. The minimum absolute atomic E-state index is 0.0888. The molecule has 0 spiro atoms. The Balaban J connectivity index is 1.85. The summed E-state index contributed by atoms with van der Waals surface area (Å²) in [6.45, 7) is 22.6. The fourth-order valence-electron chi connectivity index (χ4n) is 3.32. The van der Waals surface area contributed by atoms with E-state index in [0.29, 0.717) is 22.8 Å². The third-order valence-corrected chi connectivity index (χ3v) is 18.3. The number of thiazole rings is 1. The van der Waals surface area contributed by atoms with Gasteiger partial charge in [-0.3, -0.25) is 14.6 Å². The standard InChI is InChI=1S/C30H50N4O6SSi2/c1-29(2,3)42(7,8)39-17-13-11-12-16-31-25(35)22-15-14-21(18-32-22)27-34-24(20-41-27)26(36)33-23(28(37)38)19-40-43(9,10)30(4,5)6/h14-15,18,20,23H,11-13,16-17,19H2,1-10H3,(H,31,35)(H,33,36)(H,37,38). The number of carbonyl (C=O) groups excluding carboxylic acids is 2. The molecule has 0 aliphatic heterocycles. The number of nitrogens with one attached hydrogen (secondary N) is 2. The predicted molar refractivity (Wildman–Crippen MR) is 177 cm³/mol. The summed E-state index contributed by atoms with van der Waals surface area (Å²) in [6, 6.07) is 2.16. The lowest BCUT2D eigenvalue weighted by molar-refractivity contribution is -0.140. The molecule has 10 nitrogen and oxygen atoms in total. The molecule has 0 aliphatic carbocycles. The highest BCUT2D eigenvalue weighted by atomic mass is 32.1. The summed E-state index contributed by atoms with van der Waals surface area (Å²) in [5, 5.41) is 17.3. The number of hydrogen-bond acceptors (Lipinski definition) is 8. The first-order valence-corrected chi connectivity index (χ1v) is 21.5. The van der Waals surface area contributed by atoms with Crippen LogP contribution in [0.1, 0.15) is 81.8 Å². The van der Waals surface area contributed by atoms with Gasteiger partial charge < -0.3 is 24.6 Å². The molecule has 3 N–H and O–H groups in total. The maximum Gasteiger partial charge on any atom is 0.328 e. The van der Waals surface area contributed by atoms with Crippen LogP contribution in [0.5, 0.6) is 0 Å². The van der Waals surface area contributed by atoms with Crippen LogP contribution in [-0.2, 0) is 13.6 Å². The number of unbranched alkanes of at least 4 members (excludes halogenated alkanes) is 2. The van der Waals surface area contributed by atoms with Crippen molar-refractivity contribution in [2.75, 3.05) is 19.8 Å². The molecule has 2 heterocycles. The molecule has 1 unspecified atom stereocenters. The zero-order valence-electron chi connectivity index (χ0n) is 27.4. The number of aliphatic carboxylic acids is 1. The second-order valence-electron chi connectivity index (χ2n) is 13.8. The Kier molecular flexibility index (Phi) is 12.8. The van der Waals surface area contributed by atoms with Crippen LogP contribution in [-0.4, -0.2) is 75.3 Å². The van der Waals surface area contributed by atoms with E-state index >= 15 is 0 Å². The summed E-state index contributed by atoms with van der Waals surface area (Å²) in [4.78, 5) is 45.7. The van der Waals surface area contributed by atoms with Crippen molar-refractivity contribution in [3.8, 4) is 10.6 Å². The second-order valence-corrected chi connectivity index (χ2v) is 24.3. The first kappa shape index (κ1) is 36.7. The minimum atomic E-state index is -2.19. The molecular weight excluding hydrogens is 601 g/mol. The maximum atomic E-state index is 12.8. The molecule has 0 fully saturated rings. The highest BCUT2D eigenvalue weighted by Gasteiger charge is 2.39. The smallest absolute Gasteiger partial charge is 0.328 e. The van der Waals surface area contributed by atoms with Crippen LogP contribution in [0.3, 0.4) is 0 Å². The highest BCUT2D eigenvalue weighted by Crippen LogP contribution is 2.37. The lowest BCUT2D eigenvalue weighted by atomic mass is 10.2. The number of aromatic nitrogens is 2. The molecule has 43 heavy (non-hydrogen) atoms. The highest BCUT2D eigenvalue weighted by molar-refractivity contribution is 7.13. The summed E-state index contributed by atoms with van der Waals surface area (Å²) < 4.78 is 12.2. The van der Waals surface area contributed by atoms with Crippen molar-refractivity contribution in [3.63, 3.8) is 0 Å². The zero-order valence-corrected chi connectivity index (χ0v) is 30.2. The van der Waals surface area contributed by atoms with Gasteiger partial charge in [0.2, 0.25) is 0 Å². The van der Waals surface area contributed by atoms with E-state index in [1.807, 2.05) is 13.1 Å². The Hall–Kier alpha value is -2.46. The van der Waals surface area contributed by atoms with E-state index in [9.17, 15) is 19.5 Å². The van der Waals surface area contributed by atoms with Crippen LogP contribution in [0.25, 0.3) is 10.6 Å². The quantitative estimate of drug-likeness (QED) is 0.150. The summed E-state index contributed by atoms with van der Waals surface area (Å²) in [7, 11) is -3.91. The number of rotatable bonds is 15. The van der Waals surface area contributed by atoms with Gasteiger partial charge in [-0.2, -0.15) is 0 Å². The Morgan fingerprint density at radius 1 is 0.907 bits per heavy atom. The van der Waals surface area contributed by atoms with Gasteiger partial charge in [0.1, 0.15) is 22.4 Å². The molecule has 240 valence electrons. The third-order valence-electron chi connectivity index (χ3n) is 8.38. The average molecular weight is 651 g/mol. The van der Waals surface area contributed by atoms with Crippen molar-refractivity contribution in [1.82, 2.24) is 20.6 Å². The fraction of sp³-hybridized carbons (Fsp3) is 0.633. The normalized spacial score (nSPS) is 13.4. The van der Waals surface area contributed by atoms with E-state index in [2.05, 4.69) is 75.2 Å². The number of hydrogen-bond donors (Lipinski definition) is 3. The molecule has 1 atom stereocenters. The fourth-order valence-corrected chi connectivity index (χ4v) is 6.22. The lowest BCUT2D eigenvalue weighted by Crippen LogP contribution is -2.49. The van der Waals surface area contributed by atoms with Crippen molar-refractivity contribution in [2.24, 2.45) is 0 Å². The van der Waals surface area contributed by atoms with Gasteiger partial charge in [0.05, 0.1) is 6.61 Å². The van der Waals surface area contributed by atoms with Crippen molar-refractivity contribution in [2.45, 2.75) is 103 Å². The van der Waals surface area contributed by atoms with E-state index < -0.39 is 34.6 Å². The van der Waals surface area contributed by atoms with Gasteiger partial charge in [-0.05, 0) is 67.7 Å². The third kappa shape index (κ3) is 10.9. The number of pyridine rings is 1. The molecule has 2 aromatic heterocycles. The zero-order chi connectivity index (χ0) is 32.6. The van der Waals surface area contributed by atoms with Gasteiger partial charge >= 0.3 is 5.97 Å². The Morgan fingerprint density at radius 3 is 2.09 bits per heavy atom. The summed E-state index contributed by atoms with van der Waals surface area (Å²) in [5.41, 5.74) is 1.05. The van der Waals surface area contributed by atoms with Crippen molar-refractivity contribution >= 4 is 45.8 Å². The van der Waals surface area contributed by atoms with Gasteiger partial charge in [-0.15, -0.1) is 11.3 Å². The summed E-state index contributed by atoms with van der Waals surface area (Å²) >= 11 is 1.24. The summed E-state index contributed by atoms with van der Waals surface area (Å²) in [6.07, 6.45) is 4.34. The topological polar surface area (TPSA) is 140 Å². The van der Waals surface area contributed by atoms with E-state index in [0.717, 1.165) is 25.9 Å². The molecule has 2 amide bonds. The summed E-state index contributed by atoms with van der Waals surface area (Å²) in [5.74, 6) is -2.01. The van der Waals surface area contributed by atoms with Crippen molar-refractivity contribution in [1.29, 1.82) is 0 Å². The van der Waals surface area contributed by atoms with Gasteiger partial charge in [0.25, 0.3) is 11.8 Å². The van der Waals surface area contributed by atoms with Crippen LogP contribution in [0, 0.1) is 0 Å². The molecule has 2 rings (SSSR count). The Bertz CT molecular complexity index is 1240. The number of carboxylic acids is 1. The number of carboxylic acid groups (broad SMARTS) is 1. The first-order valence-electron chi connectivity index (χ1n) is 14.8. The van der Waals surface area contributed by atoms with Gasteiger partial charge in [0, 0.05) is 30.3 Å². The number of amides is 2. The minimum Gasteiger partial charge on any atom is -0.480 e. The maximum absolute atomic E-state index is 12.8. The molecule has 13 heteroatoms. The SMILES string of the molecule is CC(C)(C)[Si](C)(C)OCCCCCNC(=O)c1ccc(-c2nc(C(=O)NC(CO[Si](C)(C)C(C)(C)C)C(=O)O)cs2)cn1. The van der Waals surface area contributed by atoms with Gasteiger partial charge in [0.15, 0.2) is 16.6 Å². The number of nitrogens with zero attached hydrogens (tertiary/aromatic N) is 2. The van der Waals surface area contributed by atoms with Crippen LogP contribution < -0.4 is 10.6 Å². The molecule has 0 saturated heterocycles. The first-order chi connectivity index (χ1) is 19.7.